The zero-order chi connectivity index (χ0) is 8.55. The largest absolute Gasteiger partial charge is 0.327 e. The topological polar surface area (TPSA) is 29.3 Å². The zero-order valence-corrected chi connectivity index (χ0v) is 8.00. The molecular formula is C10H20N2. The van der Waals surface area contributed by atoms with Gasteiger partial charge in [-0.3, -0.25) is 0 Å². The van der Waals surface area contributed by atoms with Gasteiger partial charge in [0, 0.05) is 19.1 Å². The van der Waals surface area contributed by atoms with Crippen LogP contribution >= 0.6 is 0 Å². The van der Waals surface area contributed by atoms with Crippen molar-refractivity contribution in [3.63, 3.8) is 0 Å². The molecule has 2 unspecified atom stereocenters. The second-order valence-corrected chi connectivity index (χ2v) is 4.43. The fourth-order valence-corrected chi connectivity index (χ4v) is 2.86. The molecule has 1 saturated heterocycles. The lowest BCUT2D eigenvalue weighted by molar-refractivity contribution is 0.147. The first-order valence-corrected chi connectivity index (χ1v) is 5.29. The number of hydrogen-bond acceptors (Lipinski definition) is 2. The average molecular weight is 168 g/mol. The molecule has 0 aromatic rings. The Kier molecular flexibility index (Phi) is 2.37. The van der Waals surface area contributed by atoms with Gasteiger partial charge in [-0.05, 0) is 37.6 Å². The first kappa shape index (κ1) is 8.52. The van der Waals surface area contributed by atoms with Crippen molar-refractivity contribution in [1.29, 1.82) is 0 Å². The summed E-state index contributed by atoms with van der Waals surface area (Å²) < 4.78 is 0. The van der Waals surface area contributed by atoms with Crippen molar-refractivity contribution in [2.24, 2.45) is 17.6 Å². The van der Waals surface area contributed by atoms with Crippen LogP contribution in [-0.2, 0) is 0 Å². The number of rotatable bonds is 2. The molecule has 1 aliphatic carbocycles. The molecule has 2 rings (SSSR count). The summed E-state index contributed by atoms with van der Waals surface area (Å²) in [7, 11) is 0. The second-order valence-electron chi connectivity index (χ2n) is 4.43. The van der Waals surface area contributed by atoms with Gasteiger partial charge >= 0.3 is 0 Å². The van der Waals surface area contributed by atoms with Crippen LogP contribution in [-0.4, -0.2) is 30.6 Å². The lowest BCUT2D eigenvalue weighted by Crippen LogP contribution is -2.48. The van der Waals surface area contributed by atoms with Crippen LogP contribution in [0, 0.1) is 11.8 Å². The summed E-state index contributed by atoms with van der Waals surface area (Å²) in [5, 5.41) is 0. The Bertz CT molecular complexity index is 144. The standard InChI is InChI=1S/C10H20N2/c1-2-5-12-6-8-3-4-9(7-12)10(8)11/h8-10H,2-7,11H2,1H3. The Morgan fingerprint density at radius 2 is 1.83 bits per heavy atom. The SMILES string of the molecule is CCCN1CC2CCC(C1)C2N. The first-order chi connectivity index (χ1) is 5.81. The highest BCUT2D eigenvalue weighted by Crippen LogP contribution is 2.35. The van der Waals surface area contributed by atoms with Crippen molar-refractivity contribution < 1.29 is 0 Å². The summed E-state index contributed by atoms with van der Waals surface area (Å²) >= 11 is 0. The lowest BCUT2D eigenvalue weighted by Gasteiger charge is -2.35. The molecule has 2 N–H and O–H groups in total. The Labute approximate surface area is 75.1 Å². The number of piperidine rings is 1. The third-order valence-corrected chi connectivity index (χ3v) is 3.52. The summed E-state index contributed by atoms with van der Waals surface area (Å²) in [6.07, 6.45) is 4.05. The van der Waals surface area contributed by atoms with Gasteiger partial charge in [0.25, 0.3) is 0 Å². The van der Waals surface area contributed by atoms with Gasteiger partial charge in [0.1, 0.15) is 0 Å². The van der Waals surface area contributed by atoms with E-state index in [9.17, 15) is 0 Å². The predicted octanol–water partition coefficient (Wildman–Crippen LogP) is 1.07. The molecule has 2 atom stereocenters. The van der Waals surface area contributed by atoms with Crippen LogP contribution in [0.4, 0.5) is 0 Å². The summed E-state index contributed by atoms with van der Waals surface area (Å²) in [6.45, 7) is 6.08. The van der Waals surface area contributed by atoms with Gasteiger partial charge in [0.15, 0.2) is 0 Å². The van der Waals surface area contributed by atoms with Crippen molar-refractivity contribution in [1.82, 2.24) is 4.90 Å². The van der Waals surface area contributed by atoms with E-state index in [1.165, 1.54) is 38.9 Å². The van der Waals surface area contributed by atoms with E-state index in [1.54, 1.807) is 0 Å². The molecule has 12 heavy (non-hydrogen) atoms. The number of likely N-dealkylation sites (tertiary alicyclic amines) is 1. The molecule has 0 amide bonds. The monoisotopic (exact) mass is 168 g/mol. The third-order valence-electron chi connectivity index (χ3n) is 3.52. The fraction of sp³-hybridized carbons (Fsp3) is 1.00. The maximum Gasteiger partial charge on any atom is 0.0120 e. The number of fused-ring (bicyclic) bond motifs is 2. The van der Waals surface area contributed by atoms with E-state index in [1.807, 2.05) is 0 Å². The van der Waals surface area contributed by atoms with Crippen molar-refractivity contribution in [2.45, 2.75) is 32.2 Å². The predicted molar refractivity (Wildman–Crippen MR) is 50.9 cm³/mol. The first-order valence-electron chi connectivity index (χ1n) is 5.29. The van der Waals surface area contributed by atoms with Crippen molar-refractivity contribution in [3.05, 3.63) is 0 Å². The molecule has 2 bridgehead atoms. The molecule has 1 saturated carbocycles. The minimum Gasteiger partial charge on any atom is -0.327 e. The van der Waals surface area contributed by atoms with Gasteiger partial charge in [0.05, 0.1) is 0 Å². The molecular weight excluding hydrogens is 148 g/mol. The van der Waals surface area contributed by atoms with Crippen LogP contribution in [0.25, 0.3) is 0 Å². The second kappa shape index (κ2) is 3.35. The van der Waals surface area contributed by atoms with Crippen LogP contribution < -0.4 is 5.73 Å². The van der Waals surface area contributed by atoms with E-state index >= 15 is 0 Å². The van der Waals surface area contributed by atoms with Crippen LogP contribution in [0.3, 0.4) is 0 Å². The van der Waals surface area contributed by atoms with E-state index < -0.39 is 0 Å². The van der Waals surface area contributed by atoms with Gasteiger partial charge in [0.2, 0.25) is 0 Å². The Balaban J connectivity index is 1.93. The maximum absolute atomic E-state index is 6.12. The zero-order valence-electron chi connectivity index (χ0n) is 8.00. The molecule has 0 aromatic heterocycles. The van der Waals surface area contributed by atoms with Gasteiger partial charge in [-0.15, -0.1) is 0 Å². The van der Waals surface area contributed by atoms with Crippen LogP contribution in [0.15, 0.2) is 0 Å². The molecule has 1 aliphatic heterocycles. The average Bonchev–Trinajstić information content (AvgIpc) is 2.33. The normalized spacial score (nSPS) is 42.0. The highest BCUT2D eigenvalue weighted by molar-refractivity contribution is 4.95. The molecule has 0 radical (unpaired) electrons. The van der Waals surface area contributed by atoms with Crippen LogP contribution in [0.5, 0.6) is 0 Å². The molecule has 2 nitrogen and oxygen atoms in total. The third kappa shape index (κ3) is 1.38. The molecule has 70 valence electrons. The summed E-state index contributed by atoms with van der Waals surface area (Å²) in [5.74, 6) is 1.63. The molecule has 2 fully saturated rings. The highest BCUT2D eigenvalue weighted by Gasteiger charge is 2.39. The summed E-state index contributed by atoms with van der Waals surface area (Å²) in [4.78, 5) is 2.60. The quantitative estimate of drug-likeness (QED) is 0.668. The molecule has 2 heteroatoms. The Morgan fingerprint density at radius 1 is 1.25 bits per heavy atom. The summed E-state index contributed by atoms with van der Waals surface area (Å²) in [5.41, 5.74) is 6.12. The molecule has 1 heterocycles. The van der Waals surface area contributed by atoms with Gasteiger partial charge < -0.3 is 10.6 Å². The molecule has 2 aliphatic rings. The van der Waals surface area contributed by atoms with Gasteiger partial charge in [-0.1, -0.05) is 6.92 Å². The minimum atomic E-state index is 0.526. The van der Waals surface area contributed by atoms with E-state index in [0.717, 1.165) is 11.8 Å². The highest BCUT2D eigenvalue weighted by atomic mass is 15.1. The minimum absolute atomic E-state index is 0.526. The van der Waals surface area contributed by atoms with E-state index in [0.29, 0.717) is 6.04 Å². The maximum atomic E-state index is 6.12. The van der Waals surface area contributed by atoms with Crippen LogP contribution in [0.1, 0.15) is 26.2 Å². The van der Waals surface area contributed by atoms with E-state index in [4.69, 9.17) is 5.73 Å². The van der Waals surface area contributed by atoms with Crippen molar-refractivity contribution in [2.75, 3.05) is 19.6 Å². The number of nitrogens with zero attached hydrogens (tertiary/aromatic N) is 1. The van der Waals surface area contributed by atoms with Gasteiger partial charge in [-0.25, -0.2) is 0 Å². The van der Waals surface area contributed by atoms with Crippen LogP contribution in [0.2, 0.25) is 0 Å². The Morgan fingerprint density at radius 3 is 2.33 bits per heavy atom. The fourth-order valence-electron chi connectivity index (χ4n) is 2.86. The summed E-state index contributed by atoms with van der Waals surface area (Å²) in [6, 6.07) is 0.526. The number of nitrogens with two attached hydrogens (primary N) is 1. The number of hydrogen-bond donors (Lipinski definition) is 1. The molecule has 0 aromatic carbocycles. The van der Waals surface area contributed by atoms with Crippen molar-refractivity contribution >= 4 is 0 Å². The van der Waals surface area contributed by atoms with Crippen molar-refractivity contribution in [3.8, 4) is 0 Å². The lowest BCUT2D eigenvalue weighted by atomic mass is 9.93. The smallest absolute Gasteiger partial charge is 0.0120 e. The Hall–Kier alpha value is -0.0800. The van der Waals surface area contributed by atoms with Gasteiger partial charge in [-0.2, -0.15) is 0 Å². The van der Waals surface area contributed by atoms with E-state index in [-0.39, 0.29) is 0 Å². The molecule has 0 spiro atoms. The van der Waals surface area contributed by atoms with E-state index in [2.05, 4.69) is 11.8 Å².